The average molecular weight is 394 g/mol. The number of amides is 1. The van der Waals surface area contributed by atoms with Crippen LogP contribution in [0, 0.1) is 12.7 Å². The molecule has 7 heteroatoms. The zero-order valence-electron chi connectivity index (χ0n) is 15.7. The number of hydrogen-bond donors (Lipinski definition) is 3. The standard InChI is InChI=1S/C22H19FN2O4/c1-12-16-4-3-15(26)9-20(16)29-22(28)17(12)10-21(27)24-7-6-13-11-25-19-5-2-14(23)8-18(13)19/h2-5,8-9,11,25-26H,6-7,10H2,1H3,(H,24,27). The van der Waals surface area contributed by atoms with E-state index in [0.717, 1.165) is 16.5 Å². The first-order chi connectivity index (χ1) is 13.9. The number of carbonyl (C=O) groups is 1. The van der Waals surface area contributed by atoms with E-state index in [1.54, 1.807) is 25.3 Å². The van der Waals surface area contributed by atoms with E-state index in [9.17, 15) is 19.1 Å². The number of benzene rings is 2. The van der Waals surface area contributed by atoms with Crippen molar-refractivity contribution in [1.29, 1.82) is 0 Å². The second-order valence-corrected chi connectivity index (χ2v) is 6.95. The van der Waals surface area contributed by atoms with Gasteiger partial charge in [0.1, 0.15) is 17.1 Å². The number of aromatic nitrogens is 1. The van der Waals surface area contributed by atoms with Crippen LogP contribution in [-0.2, 0) is 17.6 Å². The molecule has 2 aromatic heterocycles. The highest BCUT2D eigenvalue weighted by molar-refractivity contribution is 5.85. The number of hydrogen-bond acceptors (Lipinski definition) is 4. The van der Waals surface area contributed by atoms with Crippen molar-refractivity contribution in [3.63, 3.8) is 0 Å². The van der Waals surface area contributed by atoms with Crippen molar-refractivity contribution in [2.24, 2.45) is 0 Å². The number of aromatic hydroxyl groups is 1. The van der Waals surface area contributed by atoms with E-state index in [2.05, 4.69) is 10.3 Å². The summed E-state index contributed by atoms with van der Waals surface area (Å²) in [5.74, 6) is -0.610. The largest absolute Gasteiger partial charge is 0.508 e. The minimum atomic E-state index is -0.595. The van der Waals surface area contributed by atoms with Crippen LogP contribution < -0.4 is 10.9 Å². The lowest BCUT2D eigenvalue weighted by Crippen LogP contribution is -2.29. The van der Waals surface area contributed by atoms with Crippen LogP contribution in [0.2, 0.25) is 0 Å². The lowest BCUT2D eigenvalue weighted by Gasteiger charge is -2.09. The molecule has 3 N–H and O–H groups in total. The third-order valence-electron chi connectivity index (χ3n) is 5.05. The highest BCUT2D eigenvalue weighted by atomic mass is 19.1. The molecular formula is C22H19FN2O4. The minimum absolute atomic E-state index is 0.00250. The normalized spacial score (nSPS) is 11.2. The third kappa shape index (κ3) is 3.71. The average Bonchev–Trinajstić information content (AvgIpc) is 3.07. The third-order valence-corrected chi connectivity index (χ3v) is 5.05. The summed E-state index contributed by atoms with van der Waals surface area (Å²) in [5, 5.41) is 13.8. The van der Waals surface area contributed by atoms with Gasteiger partial charge in [0.15, 0.2) is 0 Å². The second-order valence-electron chi connectivity index (χ2n) is 6.95. The Kier molecular flexibility index (Phi) is 4.80. The fourth-order valence-electron chi connectivity index (χ4n) is 3.50. The molecule has 4 aromatic rings. The van der Waals surface area contributed by atoms with Gasteiger partial charge in [-0.05, 0) is 54.8 Å². The minimum Gasteiger partial charge on any atom is -0.508 e. The van der Waals surface area contributed by atoms with Crippen molar-refractivity contribution in [1.82, 2.24) is 10.3 Å². The second kappa shape index (κ2) is 7.43. The van der Waals surface area contributed by atoms with Gasteiger partial charge in [-0.2, -0.15) is 0 Å². The van der Waals surface area contributed by atoms with E-state index in [4.69, 9.17) is 4.42 Å². The maximum Gasteiger partial charge on any atom is 0.340 e. The Hall–Kier alpha value is -3.61. The Morgan fingerprint density at radius 1 is 1.21 bits per heavy atom. The molecule has 1 amide bonds. The Labute approximate surface area is 165 Å². The number of fused-ring (bicyclic) bond motifs is 2. The Morgan fingerprint density at radius 3 is 2.86 bits per heavy atom. The molecule has 0 saturated heterocycles. The molecule has 0 unspecified atom stereocenters. The molecule has 4 rings (SSSR count). The zero-order chi connectivity index (χ0) is 20.5. The summed E-state index contributed by atoms with van der Waals surface area (Å²) in [4.78, 5) is 27.7. The number of H-pyrrole nitrogens is 1. The number of carbonyl (C=O) groups excluding carboxylic acids is 1. The van der Waals surface area contributed by atoms with Crippen LogP contribution in [0.1, 0.15) is 16.7 Å². The molecule has 148 valence electrons. The maximum atomic E-state index is 13.5. The molecule has 0 aliphatic rings. The zero-order valence-corrected chi connectivity index (χ0v) is 15.7. The molecule has 6 nitrogen and oxygen atoms in total. The molecule has 2 aromatic carbocycles. The predicted molar refractivity (Wildman–Crippen MR) is 108 cm³/mol. The molecule has 0 saturated carbocycles. The van der Waals surface area contributed by atoms with Crippen molar-refractivity contribution in [2.75, 3.05) is 6.54 Å². The van der Waals surface area contributed by atoms with E-state index < -0.39 is 5.63 Å². The van der Waals surface area contributed by atoms with Crippen molar-refractivity contribution in [2.45, 2.75) is 19.8 Å². The molecule has 0 atom stereocenters. The Bertz CT molecular complexity index is 1290. The van der Waals surface area contributed by atoms with Crippen LogP contribution in [-0.4, -0.2) is 22.5 Å². The number of halogens is 1. The monoisotopic (exact) mass is 394 g/mol. The fourth-order valence-corrected chi connectivity index (χ4v) is 3.50. The molecule has 0 bridgehead atoms. The van der Waals surface area contributed by atoms with Gasteiger partial charge in [-0.1, -0.05) is 0 Å². The summed E-state index contributed by atoms with van der Waals surface area (Å²) in [7, 11) is 0. The number of phenolic OH excluding ortho intramolecular Hbond substituents is 1. The number of aromatic amines is 1. The van der Waals surface area contributed by atoms with Crippen LogP contribution in [0.4, 0.5) is 4.39 Å². The van der Waals surface area contributed by atoms with E-state index >= 15 is 0 Å². The number of phenols is 1. The SMILES string of the molecule is Cc1c(CC(=O)NCCc2c[nH]c3ccc(F)cc23)c(=O)oc2cc(O)ccc12. The molecule has 0 aliphatic heterocycles. The number of aryl methyl sites for hydroxylation is 1. The summed E-state index contributed by atoms with van der Waals surface area (Å²) in [6.07, 6.45) is 2.22. The molecule has 29 heavy (non-hydrogen) atoms. The van der Waals surface area contributed by atoms with Gasteiger partial charge in [-0.15, -0.1) is 0 Å². The van der Waals surface area contributed by atoms with E-state index in [1.807, 2.05) is 0 Å². The molecule has 0 radical (unpaired) electrons. The lowest BCUT2D eigenvalue weighted by atomic mass is 10.0. The number of rotatable bonds is 5. The summed E-state index contributed by atoms with van der Waals surface area (Å²) >= 11 is 0. The van der Waals surface area contributed by atoms with Crippen LogP contribution in [0.25, 0.3) is 21.9 Å². The van der Waals surface area contributed by atoms with Gasteiger partial charge in [0, 0.05) is 35.1 Å². The summed E-state index contributed by atoms with van der Waals surface area (Å²) in [5.41, 5.74) is 2.36. The smallest absolute Gasteiger partial charge is 0.340 e. The van der Waals surface area contributed by atoms with E-state index in [0.29, 0.717) is 23.9 Å². The highest BCUT2D eigenvalue weighted by Gasteiger charge is 2.15. The Balaban J connectivity index is 1.45. The van der Waals surface area contributed by atoms with Gasteiger partial charge in [0.05, 0.1) is 12.0 Å². The van der Waals surface area contributed by atoms with Gasteiger partial charge in [0.25, 0.3) is 0 Å². The van der Waals surface area contributed by atoms with Gasteiger partial charge in [-0.25, -0.2) is 9.18 Å². The van der Waals surface area contributed by atoms with Crippen molar-refractivity contribution in [3.05, 3.63) is 75.5 Å². The summed E-state index contributed by atoms with van der Waals surface area (Å²) in [6.45, 7) is 2.10. The molecular weight excluding hydrogens is 375 g/mol. The maximum absolute atomic E-state index is 13.5. The van der Waals surface area contributed by atoms with Crippen molar-refractivity contribution < 1.29 is 18.7 Å². The van der Waals surface area contributed by atoms with Gasteiger partial charge in [0.2, 0.25) is 5.91 Å². The lowest BCUT2D eigenvalue weighted by molar-refractivity contribution is -0.120. The van der Waals surface area contributed by atoms with Crippen LogP contribution >= 0.6 is 0 Å². The van der Waals surface area contributed by atoms with Crippen LogP contribution in [0.5, 0.6) is 5.75 Å². The Morgan fingerprint density at radius 2 is 2.03 bits per heavy atom. The van der Waals surface area contributed by atoms with Crippen LogP contribution in [0.3, 0.4) is 0 Å². The first-order valence-electron chi connectivity index (χ1n) is 9.20. The van der Waals surface area contributed by atoms with E-state index in [-0.39, 0.29) is 35.0 Å². The van der Waals surface area contributed by atoms with Gasteiger partial charge >= 0.3 is 5.63 Å². The van der Waals surface area contributed by atoms with Crippen LogP contribution in [0.15, 0.2) is 51.8 Å². The van der Waals surface area contributed by atoms with Crippen molar-refractivity contribution >= 4 is 27.8 Å². The molecule has 2 heterocycles. The molecule has 0 aliphatic carbocycles. The quantitative estimate of drug-likeness (QED) is 0.453. The first kappa shape index (κ1) is 18.7. The molecule has 0 fully saturated rings. The molecule has 0 spiro atoms. The summed E-state index contributed by atoms with van der Waals surface area (Å²) < 4.78 is 18.7. The van der Waals surface area contributed by atoms with E-state index in [1.165, 1.54) is 24.3 Å². The fraction of sp³-hybridized carbons (Fsp3) is 0.182. The van der Waals surface area contributed by atoms with Gasteiger partial charge in [-0.3, -0.25) is 4.79 Å². The first-order valence-corrected chi connectivity index (χ1v) is 9.20. The van der Waals surface area contributed by atoms with Gasteiger partial charge < -0.3 is 19.8 Å². The summed E-state index contributed by atoms with van der Waals surface area (Å²) in [6, 6.07) is 9.06. The highest BCUT2D eigenvalue weighted by Crippen LogP contribution is 2.23. The van der Waals surface area contributed by atoms with Crippen molar-refractivity contribution in [3.8, 4) is 5.75 Å². The predicted octanol–water partition coefficient (Wildman–Crippen LogP) is 3.33. The number of nitrogens with one attached hydrogen (secondary N) is 2. The topological polar surface area (TPSA) is 95.3 Å².